The van der Waals surface area contributed by atoms with Crippen LogP contribution < -0.4 is 5.56 Å². The molecule has 0 bridgehead atoms. The first kappa shape index (κ1) is 13.0. The molecule has 2 heterocycles. The highest BCUT2D eigenvalue weighted by Crippen LogP contribution is 2.19. The number of benzene rings is 1. The van der Waals surface area contributed by atoms with Crippen LogP contribution in [0.25, 0.3) is 10.2 Å². The van der Waals surface area contributed by atoms with Gasteiger partial charge in [-0.3, -0.25) is 9.36 Å². The molecule has 0 aliphatic carbocycles. The van der Waals surface area contributed by atoms with Crippen LogP contribution >= 0.6 is 11.3 Å². The van der Waals surface area contributed by atoms with Crippen LogP contribution in [-0.2, 0) is 13.2 Å². The normalized spacial score (nSPS) is 11.1. The van der Waals surface area contributed by atoms with Gasteiger partial charge in [0, 0.05) is 0 Å². The molecule has 102 valence electrons. The lowest BCUT2D eigenvalue weighted by Gasteiger charge is -2.06. The highest BCUT2D eigenvalue weighted by Gasteiger charge is 2.08. The zero-order valence-corrected chi connectivity index (χ0v) is 11.9. The summed E-state index contributed by atoms with van der Waals surface area (Å²) < 4.78 is 1.62. The van der Waals surface area contributed by atoms with Crippen LogP contribution in [0.15, 0.2) is 40.8 Å². The van der Waals surface area contributed by atoms with Crippen molar-refractivity contribution in [2.75, 3.05) is 0 Å². The Hall–Kier alpha value is -1.98. The number of thiophene rings is 1. The van der Waals surface area contributed by atoms with Gasteiger partial charge >= 0.3 is 0 Å². The Labute approximate surface area is 120 Å². The monoisotopic (exact) mass is 286 g/mol. The Kier molecular flexibility index (Phi) is 3.38. The van der Waals surface area contributed by atoms with Crippen molar-refractivity contribution in [1.82, 2.24) is 9.55 Å². The topological polar surface area (TPSA) is 55.1 Å². The van der Waals surface area contributed by atoms with Crippen molar-refractivity contribution < 1.29 is 5.11 Å². The molecule has 0 atom stereocenters. The smallest absolute Gasteiger partial charge is 0.262 e. The van der Waals surface area contributed by atoms with Crippen molar-refractivity contribution in [1.29, 1.82) is 0 Å². The number of aryl methyl sites for hydroxylation is 1. The van der Waals surface area contributed by atoms with E-state index in [9.17, 15) is 4.79 Å². The summed E-state index contributed by atoms with van der Waals surface area (Å²) in [6, 6.07) is 7.57. The van der Waals surface area contributed by atoms with Crippen LogP contribution in [0.1, 0.15) is 16.7 Å². The van der Waals surface area contributed by atoms with E-state index in [-0.39, 0.29) is 12.2 Å². The van der Waals surface area contributed by atoms with Gasteiger partial charge in [0.2, 0.25) is 0 Å². The molecule has 0 aliphatic rings. The Morgan fingerprint density at radius 1 is 1.25 bits per heavy atom. The number of hydrogen-bond donors (Lipinski definition) is 1. The van der Waals surface area contributed by atoms with Crippen molar-refractivity contribution in [3.63, 3.8) is 0 Å². The van der Waals surface area contributed by atoms with Crippen molar-refractivity contribution in [3.8, 4) is 0 Å². The van der Waals surface area contributed by atoms with Crippen molar-refractivity contribution in [3.05, 3.63) is 63.0 Å². The maximum atomic E-state index is 12.4. The van der Waals surface area contributed by atoms with Gasteiger partial charge in [-0.1, -0.05) is 24.3 Å². The molecule has 2 aromatic heterocycles. The molecule has 5 heteroatoms. The molecule has 1 N–H and O–H groups in total. The lowest BCUT2D eigenvalue weighted by atomic mass is 10.1. The summed E-state index contributed by atoms with van der Waals surface area (Å²) in [5.74, 6) is 0. The number of aromatic nitrogens is 2. The molecule has 3 aromatic rings. The molecule has 3 rings (SSSR count). The minimum absolute atomic E-state index is 0.0000141. The van der Waals surface area contributed by atoms with Crippen LogP contribution in [0.5, 0.6) is 0 Å². The molecule has 0 unspecified atom stereocenters. The van der Waals surface area contributed by atoms with E-state index in [1.54, 1.807) is 10.9 Å². The average Bonchev–Trinajstić information content (AvgIpc) is 2.85. The van der Waals surface area contributed by atoms with E-state index in [4.69, 9.17) is 5.11 Å². The van der Waals surface area contributed by atoms with Gasteiger partial charge in [-0.05, 0) is 29.0 Å². The zero-order chi connectivity index (χ0) is 14.1. The molecule has 0 fully saturated rings. The van der Waals surface area contributed by atoms with E-state index in [0.717, 1.165) is 21.5 Å². The molecule has 1 aromatic carbocycles. The first-order chi connectivity index (χ1) is 9.69. The lowest BCUT2D eigenvalue weighted by molar-refractivity contribution is 0.282. The summed E-state index contributed by atoms with van der Waals surface area (Å²) in [5.41, 5.74) is 2.86. The van der Waals surface area contributed by atoms with E-state index in [0.29, 0.717) is 11.9 Å². The van der Waals surface area contributed by atoms with Crippen LogP contribution in [-0.4, -0.2) is 14.7 Å². The molecule has 0 saturated carbocycles. The van der Waals surface area contributed by atoms with Gasteiger partial charge in [-0.2, -0.15) is 0 Å². The maximum absolute atomic E-state index is 12.4. The fourth-order valence-corrected chi connectivity index (χ4v) is 3.04. The van der Waals surface area contributed by atoms with E-state index < -0.39 is 0 Å². The largest absolute Gasteiger partial charge is 0.392 e. The van der Waals surface area contributed by atoms with Crippen molar-refractivity contribution >= 4 is 21.6 Å². The zero-order valence-electron chi connectivity index (χ0n) is 11.0. The van der Waals surface area contributed by atoms with Crippen LogP contribution in [0.2, 0.25) is 0 Å². The molecule has 0 aliphatic heterocycles. The Balaban J connectivity index is 1.99. The average molecular weight is 286 g/mol. The first-order valence-corrected chi connectivity index (χ1v) is 7.19. The molecule has 4 nitrogen and oxygen atoms in total. The predicted molar refractivity (Wildman–Crippen MR) is 80.1 cm³/mol. The summed E-state index contributed by atoms with van der Waals surface area (Å²) in [7, 11) is 0. The summed E-state index contributed by atoms with van der Waals surface area (Å²) in [4.78, 5) is 17.6. The Morgan fingerprint density at radius 2 is 1.95 bits per heavy atom. The fourth-order valence-electron chi connectivity index (χ4n) is 2.16. The third-order valence-electron chi connectivity index (χ3n) is 3.30. The fraction of sp³-hybridized carbons (Fsp3) is 0.200. The quantitative estimate of drug-likeness (QED) is 0.804. The molecule has 0 spiro atoms. The second-order valence-corrected chi connectivity index (χ2v) is 5.61. The molecule has 0 amide bonds. The second kappa shape index (κ2) is 5.19. The summed E-state index contributed by atoms with van der Waals surface area (Å²) >= 11 is 1.50. The number of fused-ring (bicyclic) bond motifs is 1. The highest BCUT2D eigenvalue weighted by molar-refractivity contribution is 7.16. The SMILES string of the molecule is Cc1csc2ncn(Cc3ccc(CO)cc3)c(=O)c12. The number of hydrogen-bond acceptors (Lipinski definition) is 4. The highest BCUT2D eigenvalue weighted by atomic mass is 32.1. The van der Waals surface area contributed by atoms with Gasteiger partial charge in [0.1, 0.15) is 4.83 Å². The van der Waals surface area contributed by atoms with E-state index in [1.165, 1.54) is 11.3 Å². The minimum Gasteiger partial charge on any atom is -0.392 e. The first-order valence-electron chi connectivity index (χ1n) is 6.31. The second-order valence-electron chi connectivity index (χ2n) is 4.75. The molecular weight excluding hydrogens is 272 g/mol. The van der Waals surface area contributed by atoms with Crippen LogP contribution in [0, 0.1) is 6.92 Å². The van der Waals surface area contributed by atoms with Gasteiger partial charge < -0.3 is 5.11 Å². The Bertz CT molecular complexity index is 803. The number of aliphatic hydroxyl groups excluding tert-OH is 1. The summed E-state index contributed by atoms with van der Waals surface area (Å²) in [6.45, 7) is 2.45. The summed E-state index contributed by atoms with van der Waals surface area (Å²) in [6.07, 6.45) is 1.60. The van der Waals surface area contributed by atoms with Crippen LogP contribution in [0.3, 0.4) is 0 Å². The number of rotatable bonds is 3. The lowest BCUT2D eigenvalue weighted by Crippen LogP contribution is -2.21. The van der Waals surface area contributed by atoms with Gasteiger partial charge in [-0.15, -0.1) is 11.3 Å². The third kappa shape index (κ3) is 2.26. The molecule has 20 heavy (non-hydrogen) atoms. The maximum Gasteiger partial charge on any atom is 0.262 e. The van der Waals surface area contributed by atoms with Crippen LogP contribution in [0.4, 0.5) is 0 Å². The van der Waals surface area contributed by atoms with Gasteiger partial charge in [-0.25, -0.2) is 4.98 Å². The standard InChI is InChI=1S/C15H14N2O2S/c1-10-8-20-14-13(10)15(19)17(9-16-14)6-11-2-4-12(7-18)5-3-11/h2-5,8-9,18H,6-7H2,1H3. The van der Waals surface area contributed by atoms with Gasteiger partial charge in [0.15, 0.2) is 0 Å². The molecule has 0 radical (unpaired) electrons. The van der Waals surface area contributed by atoms with Crippen molar-refractivity contribution in [2.24, 2.45) is 0 Å². The molecule has 0 saturated heterocycles. The van der Waals surface area contributed by atoms with E-state index in [2.05, 4.69) is 4.98 Å². The van der Waals surface area contributed by atoms with Gasteiger partial charge in [0.25, 0.3) is 5.56 Å². The molecular formula is C15H14N2O2S. The number of nitrogens with zero attached hydrogens (tertiary/aromatic N) is 2. The van der Waals surface area contributed by atoms with E-state index >= 15 is 0 Å². The third-order valence-corrected chi connectivity index (χ3v) is 4.31. The summed E-state index contributed by atoms with van der Waals surface area (Å²) in [5, 5.41) is 11.7. The van der Waals surface area contributed by atoms with E-state index in [1.807, 2.05) is 36.6 Å². The minimum atomic E-state index is -0.0000141. The number of aliphatic hydroxyl groups is 1. The van der Waals surface area contributed by atoms with Gasteiger partial charge in [0.05, 0.1) is 24.9 Å². The Morgan fingerprint density at radius 3 is 2.65 bits per heavy atom. The van der Waals surface area contributed by atoms with Crippen molar-refractivity contribution in [2.45, 2.75) is 20.1 Å². The predicted octanol–water partition coefficient (Wildman–Crippen LogP) is 2.31.